The quantitative estimate of drug-likeness (QED) is 0.861. The van der Waals surface area contributed by atoms with Crippen LogP contribution < -0.4 is 4.90 Å². The number of aliphatic hydroxyl groups is 1. The van der Waals surface area contributed by atoms with E-state index in [0.29, 0.717) is 35.7 Å². The van der Waals surface area contributed by atoms with Crippen LogP contribution in [0.5, 0.6) is 0 Å². The van der Waals surface area contributed by atoms with Crippen LogP contribution in [-0.4, -0.2) is 65.1 Å². The SMILES string of the molecule is O=C1CC(c2cc(F)cc(F)c2)Cc2nc(N3CCN(CCO)CC3)ncc21. The number of carbonyl (C=O) groups excluding carboxylic acids is 1. The molecular weight excluding hydrogens is 366 g/mol. The van der Waals surface area contributed by atoms with Gasteiger partial charge in [-0.1, -0.05) is 0 Å². The zero-order chi connectivity index (χ0) is 19.7. The van der Waals surface area contributed by atoms with E-state index in [-0.39, 0.29) is 24.7 Å². The van der Waals surface area contributed by atoms with E-state index in [0.717, 1.165) is 32.2 Å². The van der Waals surface area contributed by atoms with Crippen LogP contribution >= 0.6 is 0 Å². The lowest BCUT2D eigenvalue weighted by Crippen LogP contribution is -2.47. The van der Waals surface area contributed by atoms with Crippen molar-refractivity contribution >= 4 is 11.7 Å². The predicted octanol–water partition coefficient (Wildman–Crippen LogP) is 1.78. The molecule has 0 bridgehead atoms. The van der Waals surface area contributed by atoms with Gasteiger partial charge in [-0.3, -0.25) is 9.69 Å². The fourth-order valence-corrected chi connectivity index (χ4v) is 3.95. The summed E-state index contributed by atoms with van der Waals surface area (Å²) in [6.45, 7) is 3.89. The summed E-state index contributed by atoms with van der Waals surface area (Å²) in [6, 6.07) is 3.40. The molecule has 0 radical (unpaired) electrons. The summed E-state index contributed by atoms with van der Waals surface area (Å²) in [6.07, 6.45) is 2.21. The molecule has 1 N–H and O–H groups in total. The van der Waals surface area contributed by atoms with E-state index in [1.165, 1.54) is 12.1 Å². The van der Waals surface area contributed by atoms with Gasteiger partial charge >= 0.3 is 0 Å². The number of Topliss-reactive ketones (excluding diaryl/α,β-unsaturated/α-hetero) is 1. The summed E-state index contributed by atoms with van der Waals surface area (Å²) in [5.41, 5.74) is 1.61. The fourth-order valence-electron chi connectivity index (χ4n) is 3.95. The molecule has 1 aromatic heterocycles. The summed E-state index contributed by atoms with van der Waals surface area (Å²) in [4.78, 5) is 25.8. The molecule has 1 unspecified atom stereocenters. The molecule has 6 nitrogen and oxygen atoms in total. The minimum atomic E-state index is -0.641. The Kier molecular flexibility index (Phi) is 5.32. The Balaban J connectivity index is 1.55. The number of benzene rings is 1. The summed E-state index contributed by atoms with van der Waals surface area (Å²) < 4.78 is 27.2. The second-order valence-corrected chi connectivity index (χ2v) is 7.31. The standard InChI is InChI=1S/C20H22F2N4O2/c21-15-7-13(8-16(22)11-15)14-9-18-17(19(28)10-14)12-23-20(24-18)26-3-1-25(2-4-26)5-6-27/h7-8,11-12,14,27H,1-6,9-10H2. The first kappa shape index (κ1) is 18.9. The van der Waals surface area contributed by atoms with Gasteiger partial charge in [0, 0.05) is 51.4 Å². The van der Waals surface area contributed by atoms with Gasteiger partial charge in [0.15, 0.2) is 5.78 Å². The highest BCUT2D eigenvalue weighted by Gasteiger charge is 2.29. The lowest BCUT2D eigenvalue weighted by Gasteiger charge is -2.34. The average molecular weight is 388 g/mol. The van der Waals surface area contributed by atoms with Crippen molar-refractivity contribution in [3.8, 4) is 0 Å². The van der Waals surface area contributed by atoms with Gasteiger partial charge in [0.25, 0.3) is 0 Å². The van der Waals surface area contributed by atoms with Crippen LogP contribution in [0.1, 0.15) is 34.0 Å². The van der Waals surface area contributed by atoms with Gasteiger partial charge in [0.1, 0.15) is 11.6 Å². The highest BCUT2D eigenvalue weighted by Crippen LogP contribution is 2.33. The van der Waals surface area contributed by atoms with E-state index in [2.05, 4.69) is 19.8 Å². The van der Waals surface area contributed by atoms with Gasteiger partial charge in [0.2, 0.25) is 5.95 Å². The van der Waals surface area contributed by atoms with Crippen LogP contribution in [0, 0.1) is 11.6 Å². The number of piperazine rings is 1. The molecule has 8 heteroatoms. The zero-order valence-electron chi connectivity index (χ0n) is 15.4. The van der Waals surface area contributed by atoms with E-state index < -0.39 is 11.6 Å². The molecule has 148 valence electrons. The van der Waals surface area contributed by atoms with Crippen LogP contribution in [0.2, 0.25) is 0 Å². The minimum Gasteiger partial charge on any atom is -0.395 e. The number of anilines is 1. The Labute approximate surface area is 161 Å². The van der Waals surface area contributed by atoms with Crippen molar-refractivity contribution in [1.29, 1.82) is 0 Å². The van der Waals surface area contributed by atoms with E-state index in [1.54, 1.807) is 6.20 Å². The second-order valence-electron chi connectivity index (χ2n) is 7.31. The molecule has 1 aromatic carbocycles. The van der Waals surface area contributed by atoms with Crippen molar-refractivity contribution in [2.45, 2.75) is 18.8 Å². The van der Waals surface area contributed by atoms with Gasteiger partial charge in [-0.2, -0.15) is 0 Å². The van der Waals surface area contributed by atoms with Crippen LogP contribution in [0.15, 0.2) is 24.4 Å². The third-order valence-corrected chi connectivity index (χ3v) is 5.45. The lowest BCUT2D eigenvalue weighted by atomic mass is 9.82. The molecule has 28 heavy (non-hydrogen) atoms. The minimum absolute atomic E-state index is 0.102. The van der Waals surface area contributed by atoms with Gasteiger partial charge in [-0.05, 0) is 30.0 Å². The van der Waals surface area contributed by atoms with Crippen LogP contribution in [-0.2, 0) is 6.42 Å². The molecule has 0 amide bonds. The van der Waals surface area contributed by atoms with Crippen LogP contribution in [0.4, 0.5) is 14.7 Å². The third-order valence-electron chi connectivity index (χ3n) is 5.45. The number of aromatic nitrogens is 2. The highest BCUT2D eigenvalue weighted by atomic mass is 19.1. The number of halogens is 2. The van der Waals surface area contributed by atoms with E-state index >= 15 is 0 Å². The average Bonchev–Trinajstić information content (AvgIpc) is 2.67. The van der Waals surface area contributed by atoms with Gasteiger partial charge in [0.05, 0.1) is 17.9 Å². The Morgan fingerprint density at radius 2 is 1.79 bits per heavy atom. The van der Waals surface area contributed by atoms with Crippen LogP contribution in [0.25, 0.3) is 0 Å². The fraction of sp³-hybridized carbons (Fsp3) is 0.450. The molecule has 1 aliphatic heterocycles. The summed E-state index contributed by atoms with van der Waals surface area (Å²) in [5, 5.41) is 9.05. The number of fused-ring (bicyclic) bond motifs is 1. The Morgan fingerprint density at radius 1 is 1.07 bits per heavy atom. The number of carbonyl (C=O) groups is 1. The number of β-amino-alcohol motifs (C(OH)–C–C–N with tert-alkyl or cyclic N) is 1. The van der Waals surface area contributed by atoms with Crippen LogP contribution in [0.3, 0.4) is 0 Å². The topological polar surface area (TPSA) is 69.6 Å². The Morgan fingerprint density at radius 3 is 2.46 bits per heavy atom. The van der Waals surface area contributed by atoms with E-state index in [9.17, 15) is 13.6 Å². The second kappa shape index (κ2) is 7.89. The molecule has 0 spiro atoms. The predicted molar refractivity (Wildman–Crippen MR) is 99.5 cm³/mol. The molecule has 1 aliphatic carbocycles. The molecular formula is C20H22F2N4O2. The first-order valence-corrected chi connectivity index (χ1v) is 9.47. The van der Waals surface area contributed by atoms with Crippen molar-refractivity contribution in [2.75, 3.05) is 44.2 Å². The Bertz CT molecular complexity index is 864. The molecule has 2 heterocycles. The van der Waals surface area contributed by atoms with Gasteiger partial charge in [-0.15, -0.1) is 0 Å². The van der Waals surface area contributed by atoms with Gasteiger partial charge < -0.3 is 10.0 Å². The molecule has 4 rings (SSSR count). The number of rotatable bonds is 4. The largest absolute Gasteiger partial charge is 0.395 e. The zero-order valence-corrected chi connectivity index (χ0v) is 15.4. The van der Waals surface area contributed by atoms with Crippen molar-refractivity contribution < 1.29 is 18.7 Å². The van der Waals surface area contributed by atoms with Crippen molar-refractivity contribution in [1.82, 2.24) is 14.9 Å². The Hall–Kier alpha value is -2.45. The normalized spacial score (nSPS) is 20.3. The highest BCUT2D eigenvalue weighted by molar-refractivity contribution is 5.98. The number of hydrogen-bond donors (Lipinski definition) is 1. The number of aliphatic hydroxyl groups excluding tert-OH is 1. The lowest BCUT2D eigenvalue weighted by molar-refractivity contribution is 0.0962. The smallest absolute Gasteiger partial charge is 0.225 e. The van der Waals surface area contributed by atoms with Crippen molar-refractivity contribution in [2.24, 2.45) is 0 Å². The maximum atomic E-state index is 13.6. The van der Waals surface area contributed by atoms with E-state index in [4.69, 9.17) is 5.11 Å². The monoisotopic (exact) mass is 388 g/mol. The van der Waals surface area contributed by atoms with Crippen molar-refractivity contribution in [3.63, 3.8) is 0 Å². The summed E-state index contributed by atoms with van der Waals surface area (Å²) in [5.74, 6) is -1.11. The molecule has 2 aliphatic rings. The first-order valence-electron chi connectivity index (χ1n) is 9.47. The van der Waals surface area contributed by atoms with E-state index in [1.807, 2.05) is 0 Å². The van der Waals surface area contributed by atoms with Crippen molar-refractivity contribution in [3.05, 3.63) is 52.9 Å². The molecule has 0 saturated carbocycles. The molecule has 2 aromatic rings. The molecule has 1 saturated heterocycles. The number of hydrogen-bond acceptors (Lipinski definition) is 6. The summed E-state index contributed by atoms with van der Waals surface area (Å²) >= 11 is 0. The summed E-state index contributed by atoms with van der Waals surface area (Å²) in [7, 11) is 0. The third kappa shape index (κ3) is 3.88. The van der Waals surface area contributed by atoms with Gasteiger partial charge in [-0.25, -0.2) is 18.7 Å². The molecule has 1 atom stereocenters. The maximum absolute atomic E-state index is 13.6. The molecule has 1 fully saturated rings. The number of ketones is 1. The maximum Gasteiger partial charge on any atom is 0.225 e. The number of nitrogens with zero attached hydrogens (tertiary/aromatic N) is 4. The first-order chi connectivity index (χ1) is 13.5.